The molecule has 4 rings (SSSR count). The zero-order chi connectivity index (χ0) is 21.6. The van der Waals surface area contributed by atoms with Crippen LogP contribution in [0.15, 0.2) is 35.5 Å². The topological polar surface area (TPSA) is 119 Å². The van der Waals surface area contributed by atoms with E-state index in [9.17, 15) is 27.2 Å². The van der Waals surface area contributed by atoms with Crippen molar-refractivity contribution in [1.82, 2.24) is 24.3 Å². The maximum Gasteiger partial charge on any atom is 0.287 e. The van der Waals surface area contributed by atoms with E-state index in [1.54, 1.807) is 0 Å². The predicted octanol–water partition coefficient (Wildman–Crippen LogP) is 1.73. The summed E-state index contributed by atoms with van der Waals surface area (Å²) in [5, 5.41) is 0. The number of carbonyl (C=O) groups excluding carboxylic acids is 1. The molecule has 0 bridgehead atoms. The third-order valence-corrected chi connectivity index (χ3v) is 4.21. The molecule has 0 fully saturated rings. The second kappa shape index (κ2) is 7.06. The molecule has 3 heterocycles. The molecule has 30 heavy (non-hydrogen) atoms. The van der Waals surface area contributed by atoms with Gasteiger partial charge >= 0.3 is 0 Å². The van der Waals surface area contributed by atoms with Gasteiger partial charge in [-0.1, -0.05) is 0 Å². The molecule has 0 atom stereocenters. The van der Waals surface area contributed by atoms with Crippen LogP contribution >= 0.6 is 0 Å². The van der Waals surface area contributed by atoms with E-state index in [-0.39, 0.29) is 40.5 Å². The van der Waals surface area contributed by atoms with Crippen molar-refractivity contribution in [2.45, 2.75) is 6.42 Å². The molecule has 0 aliphatic rings. The van der Waals surface area contributed by atoms with Gasteiger partial charge in [-0.3, -0.25) is 9.59 Å². The minimum atomic E-state index is -1.35. The van der Waals surface area contributed by atoms with Gasteiger partial charge in [0.25, 0.3) is 11.5 Å². The Morgan fingerprint density at radius 3 is 2.47 bits per heavy atom. The number of halogens is 4. The molecule has 0 radical (unpaired) electrons. The van der Waals surface area contributed by atoms with Crippen LogP contribution < -0.4 is 11.3 Å². The van der Waals surface area contributed by atoms with E-state index in [0.29, 0.717) is 18.3 Å². The first-order valence-corrected chi connectivity index (χ1v) is 8.30. The molecule has 0 unspecified atom stereocenters. The summed E-state index contributed by atoms with van der Waals surface area (Å²) in [4.78, 5) is 37.2. The summed E-state index contributed by atoms with van der Waals surface area (Å²) < 4.78 is 55.5. The van der Waals surface area contributed by atoms with Crippen LogP contribution in [0.5, 0.6) is 0 Å². The molecule has 0 saturated carbocycles. The summed E-state index contributed by atoms with van der Waals surface area (Å²) in [6, 6.07) is 1.07. The van der Waals surface area contributed by atoms with Gasteiger partial charge in [0.15, 0.2) is 23.1 Å². The smallest absolute Gasteiger partial charge is 0.287 e. The maximum absolute atomic E-state index is 14.1. The fraction of sp³-hybridized carbons (Fsp3) is 0.0556. The standard InChI is InChI=1S/C18H10F4N6O2/c19-8-3-10(21)9(20)1-7(8)2-12-17-26-13(15(23)29)5-28(17)6-14(25-12)16-24-4-11(22)18(30)27-16/h1,3-6H,2H2,(H2,23,29)(H,24,27,30). The van der Waals surface area contributed by atoms with Crippen molar-refractivity contribution >= 4 is 11.6 Å². The number of imidazole rings is 1. The lowest BCUT2D eigenvalue weighted by molar-refractivity contribution is 0.0996. The van der Waals surface area contributed by atoms with Crippen LogP contribution in [0.25, 0.3) is 17.2 Å². The second-order valence-corrected chi connectivity index (χ2v) is 6.24. The van der Waals surface area contributed by atoms with Crippen molar-refractivity contribution in [3.05, 3.63) is 81.3 Å². The highest BCUT2D eigenvalue weighted by molar-refractivity contribution is 5.91. The fourth-order valence-electron chi connectivity index (χ4n) is 2.80. The zero-order valence-electron chi connectivity index (χ0n) is 14.8. The van der Waals surface area contributed by atoms with Gasteiger partial charge < -0.3 is 15.1 Å². The Bertz CT molecular complexity index is 1380. The van der Waals surface area contributed by atoms with Crippen LogP contribution in [0, 0.1) is 23.3 Å². The first-order chi connectivity index (χ1) is 14.2. The van der Waals surface area contributed by atoms with Crippen molar-refractivity contribution < 1.29 is 22.4 Å². The lowest BCUT2D eigenvalue weighted by Crippen LogP contribution is -2.13. The number of aromatic amines is 1. The number of primary amides is 1. The van der Waals surface area contributed by atoms with E-state index in [1.807, 2.05) is 0 Å². The number of benzene rings is 1. The number of nitrogens with zero attached hydrogens (tertiary/aromatic N) is 4. The number of hydrogen-bond donors (Lipinski definition) is 2. The monoisotopic (exact) mass is 418 g/mol. The lowest BCUT2D eigenvalue weighted by Gasteiger charge is -2.08. The van der Waals surface area contributed by atoms with E-state index in [0.717, 1.165) is 0 Å². The van der Waals surface area contributed by atoms with Crippen molar-refractivity contribution in [3.8, 4) is 11.5 Å². The number of hydrogen-bond acceptors (Lipinski definition) is 5. The third kappa shape index (κ3) is 3.38. The molecule has 0 aliphatic carbocycles. The van der Waals surface area contributed by atoms with E-state index in [2.05, 4.69) is 19.9 Å². The van der Waals surface area contributed by atoms with Crippen molar-refractivity contribution in [1.29, 1.82) is 0 Å². The van der Waals surface area contributed by atoms with Crippen LogP contribution in [0.4, 0.5) is 17.6 Å². The summed E-state index contributed by atoms with van der Waals surface area (Å²) >= 11 is 0. The van der Waals surface area contributed by atoms with Crippen LogP contribution in [-0.2, 0) is 6.42 Å². The summed E-state index contributed by atoms with van der Waals surface area (Å²) in [5.74, 6) is -5.71. The SMILES string of the molecule is NC(=O)c1cn2cc(-c3ncc(F)c(=O)[nH]3)nc(Cc3cc(F)c(F)cc3F)c2n1. The van der Waals surface area contributed by atoms with E-state index in [4.69, 9.17) is 5.73 Å². The van der Waals surface area contributed by atoms with E-state index in [1.165, 1.54) is 16.8 Å². The van der Waals surface area contributed by atoms with Gasteiger partial charge in [0.05, 0.1) is 11.9 Å². The highest BCUT2D eigenvalue weighted by atomic mass is 19.2. The third-order valence-electron chi connectivity index (χ3n) is 4.21. The zero-order valence-corrected chi connectivity index (χ0v) is 14.8. The van der Waals surface area contributed by atoms with Crippen molar-refractivity contribution in [2.75, 3.05) is 0 Å². The largest absolute Gasteiger partial charge is 0.364 e. The van der Waals surface area contributed by atoms with Crippen molar-refractivity contribution in [3.63, 3.8) is 0 Å². The first kappa shape index (κ1) is 19.2. The fourth-order valence-corrected chi connectivity index (χ4v) is 2.80. The predicted molar refractivity (Wildman–Crippen MR) is 94.4 cm³/mol. The summed E-state index contributed by atoms with van der Waals surface area (Å²) in [6.45, 7) is 0. The number of fused-ring (bicyclic) bond motifs is 1. The molecule has 4 aromatic rings. The highest BCUT2D eigenvalue weighted by Crippen LogP contribution is 2.22. The normalized spacial score (nSPS) is 11.2. The quantitative estimate of drug-likeness (QED) is 0.386. The van der Waals surface area contributed by atoms with E-state index >= 15 is 0 Å². The van der Waals surface area contributed by atoms with Gasteiger partial charge in [0, 0.05) is 24.9 Å². The summed E-state index contributed by atoms with van der Waals surface area (Å²) in [5.41, 5.74) is 3.97. The molecular formula is C18H10F4N6O2. The van der Waals surface area contributed by atoms with Gasteiger partial charge in [0.1, 0.15) is 17.2 Å². The number of nitrogens with one attached hydrogen (secondary N) is 1. The van der Waals surface area contributed by atoms with Gasteiger partial charge in [-0.15, -0.1) is 0 Å². The average molecular weight is 418 g/mol. The van der Waals surface area contributed by atoms with Crippen LogP contribution in [0.3, 0.4) is 0 Å². The Kier molecular flexibility index (Phi) is 4.53. The molecule has 1 aromatic carbocycles. The van der Waals surface area contributed by atoms with E-state index < -0.39 is 34.7 Å². The molecule has 8 nitrogen and oxygen atoms in total. The second-order valence-electron chi connectivity index (χ2n) is 6.24. The van der Waals surface area contributed by atoms with Gasteiger partial charge in [-0.2, -0.15) is 4.39 Å². The van der Waals surface area contributed by atoms with Crippen molar-refractivity contribution in [2.24, 2.45) is 5.73 Å². The number of carbonyl (C=O) groups is 1. The van der Waals surface area contributed by atoms with Gasteiger partial charge in [-0.25, -0.2) is 28.1 Å². The molecular weight excluding hydrogens is 408 g/mol. The molecule has 12 heteroatoms. The molecule has 1 amide bonds. The Morgan fingerprint density at radius 2 is 1.77 bits per heavy atom. The number of aromatic nitrogens is 5. The summed E-state index contributed by atoms with van der Waals surface area (Å²) in [7, 11) is 0. The Hall–Kier alpha value is -4.09. The highest BCUT2D eigenvalue weighted by Gasteiger charge is 2.18. The number of amides is 1. The Labute approximate surface area is 164 Å². The Balaban J connectivity index is 1.92. The minimum Gasteiger partial charge on any atom is -0.364 e. The molecule has 0 spiro atoms. The number of nitrogens with two attached hydrogens (primary N) is 1. The van der Waals surface area contributed by atoms with Crippen LogP contribution in [0.2, 0.25) is 0 Å². The Morgan fingerprint density at radius 1 is 1.03 bits per heavy atom. The first-order valence-electron chi connectivity index (χ1n) is 8.30. The molecule has 3 aromatic heterocycles. The maximum atomic E-state index is 14.1. The molecule has 152 valence electrons. The summed E-state index contributed by atoms with van der Waals surface area (Å²) in [6.07, 6.45) is 2.93. The van der Waals surface area contributed by atoms with Crippen LogP contribution in [0.1, 0.15) is 21.7 Å². The number of H-pyrrole nitrogens is 1. The minimum absolute atomic E-state index is 0.0195. The lowest BCUT2D eigenvalue weighted by atomic mass is 10.1. The van der Waals surface area contributed by atoms with Crippen LogP contribution in [-0.4, -0.2) is 30.2 Å². The molecule has 0 saturated heterocycles. The molecule has 0 aliphatic heterocycles. The number of rotatable bonds is 4. The average Bonchev–Trinajstić information content (AvgIpc) is 3.13. The van der Waals surface area contributed by atoms with Gasteiger partial charge in [0.2, 0.25) is 5.82 Å². The molecule has 3 N–H and O–H groups in total. The van der Waals surface area contributed by atoms with Gasteiger partial charge in [-0.05, 0) is 11.6 Å².